The average Bonchev–Trinajstić information content (AvgIpc) is 2.60. The molecule has 1 saturated heterocycles. The quantitative estimate of drug-likeness (QED) is 0.897. The molecule has 3 rings (SSSR count). The van der Waals surface area contributed by atoms with Crippen molar-refractivity contribution in [1.29, 1.82) is 0 Å². The van der Waals surface area contributed by atoms with Crippen LogP contribution in [0.2, 0.25) is 0 Å². The Morgan fingerprint density at radius 3 is 2.60 bits per heavy atom. The summed E-state index contributed by atoms with van der Waals surface area (Å²) in [4.78, 5) is 14.3. The third-order valence-electron chi connectivity index (χ3n) is 4.52. The Morgan fingerprint density at radius 1 is 1.16 bits per heavy atom. The van der Waals surface area contributed by atoms with Crippen molar-refractivity contribution < 1.29 is 13.6 Å². The standard InChI is InChI=1S/C20H22F2N2O/c1-14(13-15-8-10-16(21)11-9-15)23-18-6-4-12-24(20(18)25)19-7-3-2-5-17(19)22/h2-3,5,7-11,14,18,23H,4,6,12-13H2,1H3/t14-,18-/m1/s1. The summed E-state index contributed by atoms with van der Waals surface area (Å²) >= 11 is 0. The lowest BCUT2D eigenvalue weighted by molar-refractivity contribution is -0.122. The number of piperidine rings is 1. The molecule has 2 atom stereocenters. The summed E-state index contributed by atoms with van der Waals surface area (Å²) in [7, 11) is 0. The van der Waals surface area contributed by atoms with Crippen molar-refractivity contribution in [2.45, 2.75) is 38.3 Å². The Kier molecular flexibility index (Phi) is 5.43. The van der Waals surface area contributed by atoms with Crippen LogP contribution in [0.5, 0.6) is 0 Å². The molecule has 2 aromatic carbocycles. The summed E-state index contributed by atoms with van der Waals surface area (Å²) in [6, 6.07) is 12.5. The molecule has 0 bridgehead atoms. The van der Waals surface area contributed by atoms with Crippen LogP contribution in [0.1, 0.15) is 25.3 Å². The minimum absolute atomic E-state index is 0.0555. The molecule has 1 amide bonds. The van der Waals surface area contributed by atoms with Crippen molar-refractivity contribution >= 4 is 11.6 Å². The first-order valence-corrected chi connectivity index (χ1v) is 8.61. The maximum Gasteiger partial charge on any atom is 0.244 e. The van der Waals surface area contributed by atoms with Gasteiger partial charge in [0, 0.05) is 12.6 Å². The minimum Gasteiger partial charge on any atom is -0.308 e. The number of halogens is 2. The molecule has 0 aliphatic carbocycles. The van der Waals surface area contributed by atoms with Crippen LogP contribution in [0, 0.1) is 11.6 Å². The molecular weight excluding hydrogens is 322 g/mol. The van der Waals surface area contributed by atoms with Gasteiger partial charge >= 0.3 is 0 Å². The van der Waals surface area contributed by atoms with Crippen molar-refractivity contribution in [2.75, 3.05) is 11.4 Å². The summed E-state index contributed by atoms with van der Waals surface area (Å²) in [5.41, 5.74) is 1.35. The van der Waals surface area contributed by atoms with E-state index in [0.29, 0.717) is 18.7 Å². The first kappa shape index (κ1) is 17.5. The summed E-state index contributed by atoms with van der Waals surface area (Å²) in [6.45, 7) is 2.53. The van der Waals surface area contributed by atoms with Gasteiger partial charge in [0.1, 0.15) is 11.6 Å². The molecule has 1 fully saturated rings. The van der Waals surface area contributed by atoms with Gasteiger partial charge in [-0.3, -0.25) is 4.79 Å². The van der Waals surface area contributed by atoms with Crippen LogP contribution >= 0.6 is 0 Å². The van der Waals surface area contributed by atoms with E-state index >= 15 is 0 Å². The van der Waals surface area contributed by atoms with Gasteiger partial charge in [0.15, 0.2) is 0 Å². The number of hydrogen-bond donors (Lipinski definition) is 1. The Bertz CT molecular complexity index is 733. The van der Waals surface area contributed by atoms with Gasteiger partial charge in [-0.05, 0) is 56.0 Å². The number of nitrogens with one attached hydrogen (secondary N) is 1. The van der Waals surface area contributed by atoms with Crippen LogP contribution in [0.3, 0.4) is 0 Å². The van der Waals surface area contributed by atoms with Crippen LogP contribution in [-0.4, -0.2) is 24.5 Å². The lowest BCUT2D eigenvalue weighted by Gasteiger charge is -2.34. The Labute approximate surface area is 146 Å². The molecule has 0 saturated carbocycles. The molecule has 0 aromatic heterocycles. The topological polar surface area (TPSA) is 32.3 Å². The van der Waals surface area contributed by atoms with Crippen LogP contribution in [0.25, 0.3) is 0 Å². The number of hydrogen-bond acceptors (Lipinski definition) is 2. The number of nitrogens with zero attached hydrogens (tertiary/aromatic N) is 1. The van der Waals surface area contributed by atoms with Crippen LogP contribution in [0.15, 0.2) is 48.5 Å². The first-order valence-electron chi connectivity index (χ1n) is 8.61. The monoisotopic (exact) mass is 344 g/mol. The van der Waals surface area contributed by atoms with E-state index in [4.69, 9.17) is 0 Å². The predicted molar refractivity (Wildman–Crippen MR) is 94.5 cm³/mol. The summed E-state index contributed by atoms with van der Waals surface area (Å²) < 4.78 is 27.0. The molecule has 5 heteroatoms. The highest BCUT2D eigenvalue weighted by Crippen LogP contribution is 2.24. The molecule has 1 N–H and O–H groups in total. The van der Waals surface area contributed by atoms with Crippen LogP contribution in [0.4, 0.5) is 14.5 Å². The molecule has 2 aromatic rings. The van der Waals surface area contributed by atoms with Crippen molar-refractivity contribution in [1.82, 2.24) is 5.32 Å². The minimum atomic E-state index is -0.379. The molecule has 1 heterocycles. The normalized spacial score (nSPS) is 19.1. The van der Waals surface area contributed by atoms with Crippen molar-refractivity contribution in [3.63, 3.8) is 0 Å². The zero-order valence-corrected chi connectivity index (χ0v) is 14.2. The molecule has 132 valence electrons. The van der Waals surface area contributed by atoms with Gasteiger partial charge in [0.2, 0.25) is 5.91 Å². The van der Waals surface area contributed by atoms with Gasteiger partial charge in [-0.2, -0.15) is 0 Å². The lowest BCUT2D eigenvalue weighted by atomic mass is 10.0. The van der Waals surface area contributed by atoms with Gasteiger partial charge in [0.05, 0.1) is 11.7 Å². The zero-order valence-electron chi connectivity index (χ0n) is 14.2. The number of anilines is 1. The van der Waals surface area contributed by atoms with E-state index in [2.05, 4.69) is 5.32 Å². The molecule has 0 unspecified atom stereocenters. The van der Waals surface area contributed by atoms with E-state index in [1.165, 1.54) is 23.1 Å². The van der Waals surface area contributed by atoms with Crippen molar-refractivity contribution in [3.8, 4) is 0 Å². The molecule has 0 spiro atoms. The van der Waals surface area contributed by atoms with E-state index in [-0.39, 0.29) is 29.6 Å². The summed E-state index contributed by atoms with van der Waals surface area (Å²) in [5, 5.41) is 3.34. The van der Waals surface area contributed by atoms with Gasteiger partial charge in [-0.15, -0.1) is 0 Å². The molecule has 0 radical (unpaired) electrons. The first-order chi connectivity index (χ1) is 12.0. The van der Waals surface area contributed by atoms with Gasteiger partial charge in [0.25, 0.3) is 0 Å². The smallest absolute Gasteiger partial charge is 0.244 e. The number of carbonyl (C=O) groups is 1. The van der Waals surface area contributed by atoms with E-state index in [1.54, 1.807) is 30.3 Å². The Balaban J connectivity index is 1.65. The van der Waals surface area contributed by atoms with Gasteiger partial charge in [-0.25, -0.2) is 8.78 Å². The number of carbonyl (C=O) groups excluding carboxylic acids is 1. The van der Waals surface area contributed by atoms with Gasteiger partial charge < -0.3 is 10.2 Å². The second-order valence-corrected chi connectivity index (χ2v) is 6.53. The van der Waals surface area contributed by atoms with Crippen molar-refractivity contribution in [3.05, 3.63) is 65.7 Å². The summed E-state index contributed by atoms with van der Waals surface area (Å²) in [5.74, 6) is -0.731. The van der Waals surface area contributed by atoms with Crippen LogP contribution in [-0.2, 0) is 11.2 Å². The largest absolute Gasteiger partial charge is 0.308 e. The molecule has 25 heavy (non-hydrogen) atoms. The number of rotatable bonds is 5. The third-order valence-corrected chi connectivity index (χ3v) is 4.52. The fourth-order valence-electron chi connectivity index (χ4n) is 3.32. The Morgan fingerprint density at radius 2 is 1.88 bits per heavy atom. The average molecular weight is 344 g/mol. The number of benzene rings is 2. The highest BCUT2D eigenvalue weighted by molar-refractivity contribution is 5.98. The third kappa shape index (κ3) is 4.23. The fourth-order valence-corrected chi connectivity index (χ4v) is 3.32. The highest BCUT2D eigenvalue weighted by Gasteiger charge is 2.31. The zero-order chi connectivity index (χ0) is 17.8. The molecule has 1 aliphatic heterocycles. The molecular formula is C20H22F2N2O. The highest BCUT2D eigenvalue weighted by atomic mass is 19.1. The second kappa shape index (κ2) is 7.74. The SMILES string of the molecule is C[C@H](Cc1ccc(F)cc1)N[C@@H]1CCCN(c2ccccc2F)C1=O. The summed E-state index contributed by atoms with van der Waals surface area (Å²) in [6.07, 6.45) is 2.25. The van der Waals surface area contributed by atoms with Gasteiger partial charge in [-0.1, -0.05) is 24.3 Å². The molecule has 3 nitrogen and oxygen atoms in total. The maximum absolute atomic E-state index is 14.0. The number of para-hydroxylation sites is 1. The van der Waals surface area contributed by atoms with E-state index in [0.717, 1.165) is 18.4 Å². The second-order valence-electron chi connectivity index (χ2n) is 6.53. The predicted octanol–water partition coefficient (Wildman–Crippen LogP) is 3.68. The van der Waals surface area contributed by atoms with E-state index in [1.807, 2.05) is 6.92 Å². The fraction of sp³-hybridized carbons (Fsp3) is 0.350. The van der Waals surface area contributed by atoms with Crippen molar-refractivity contribution in [2.24, 2.45) is 0 Å². The number of amides is 1. The Hall–Kier alpha value is -2.27. The molecule has 1 aliphatic rings. The van der Waals surface area contributed by atoms with E-state index < -0.39 is 0 Å². The van der Waals surface area contributed by atoms with E-state index in [9.17, 15) is 13.6 Å². The maximum atomic E-state index is 14.0. The lowest BCUT2D eigenvalue weighted by Crippen LogP contribution is -2.53. The van der Waals surface area contributed by atoms with Crippen LogP contribution < -0.4 is 10.2 Å².